The standard InChI is InChI=1S/C20H19ClN2O4S/c1-13-4-2-5-15(8-13)26-11-18-22-23-20(27-18)28-12-14-9-16(21)19-17(10-14)24-6-3-7-25-19/h2,4-5,8-10H,3,6-7,11-12H2,1H3. The van der Waals surface area contributed by atoms with E-state index in [1.54, 1.807) is 0 Å². The largest absolute Gasteiger partial charge is 0.489 e. The number of thioether (sulfide) groups is 1. The van der Waals surface area contributed by atoms with Gasteiger partial charge in [0.2, 0.25) is 0 Å². The number of hydrogen-bond donors (Lipinski definition) is 0. The van der Waals surface area contributed by atoms with Crippen LogP contribution in [0, 0.1) is 6.92 Å². The van der Waals surface area contributed by atoms with Gasteiger partial charge in [0.1, 0.15) is 5.75 Å². The Kier molecular flexibility index (Phi) is 5.92. The van der Waals surface area contributed by atoms with E-state index in [2.05, 4.69) is 10.2 Å². The van der Waals surface area contributed by atoms with Gasteiger partial charge in [-0.3, -0.25) is 0 Å². The molecule has 146 valence electrons. The van der Waals surface area contributed by atoms with E-state index < -0.39 is 0 Å². The van der Waals surface area contributed by atoms with Gasteiger partial charge in [-0.2, -0.15) is 0 Å². The molecule has 0 N–H and O–H groups in total. The average molecular weight is 419 g/mol. The van der Waals surface area contributed by atoms with E-state index in [1.165, 1.54) is 11.8 Å². The summed E-state index contributed by atoms with van der Waals surface area (Å²) in [5.74, 6) is 3.12. The van der Waals surface area contributed by atoms with Gasteiger partial charge in [-0.25, -0.2) is 0 Å². The first-order valence-electron chi connectivity index (χ1n) is 8.90. The zero-order chi connectivity index (χ0) is 19.3. The molecule has 0 radical (unpaired) electrons. The highest BCUT2D eigenvalue weighted by Gasteiger charge is 2.16. The first kappa shape index (κ1) is 19.0. The van der Waals surface area contributed by atoms with Crippen LogP contribution in [0.2, 0.25) is 5.02 Å². The van der Waals surface area contributed by atoms with Crippen molar-refractivity contribution >= 4 is 23.4 Å². The number of halogens is 1. The van der Waals surface area contributed by atoms with Crippen molar-refractivity contribution in [3.63, 3.8) is 0 Å². The van der Waals surface area contributed by atoms with Crippen LogP contribution in [0.3, 0.4) is 0 Å². The molecule has 0 unspecified atom stereocenters. The maximum atomic E-state index is 6.33. The van der Waals surface area contributed by atoms with Crippen molar-refractivity contribution in [3.8, 4) is 17.2 Å². The second kappa shape index (κ2) is 8.75. The fraction of sp³-hybridized carbons (Fsp3) is 0.300. The molecule has 2 heterocycles. The first-order chi connectivity index (χ1) is 13.7. The highest BCUT2D eigenvalue weighted by molar-refractivity contribution is 7.98. The van der Waals surface area contributed by atoms with Crippen molar-refractivity contribution in [2.24, 2.45) is 0 Å². The molecule has 1 aliphatic heterocycles. The molecule has 0 amide bonds. The minimum Gasteiger partial charge on any atom is -0.489 e. The fourth-order valence-corrected chi connectivity index (χ4v) is 3.72. The predicted molar refractivity (Wildman–Crippen MR) is 106 cm³/mol. The summed E-state index contributed by atoms with van der Waals surface area (Å²) < 4.78 is 22.7. The number of benzene rings is 2. The summed E-state index contributed by atoms with van der Waals surface area (Å²) in [6.45, 7) is 3.47. The molecule has 1 aliphatic rings. The molecule has 0 aliphatic carbocycles. The maximum Gasteiger partial charge on any atom is 0.277 e. The number of rotatable bonds is 6. The Hall–Kier alpha value is -2.38. The van der Waals surface area contributed by atoms with E-state index in [0.717, 1.165) is 23.3 Å². The third kappa shape index (κ3) is 4.72. The second-order valence-electron chi connectivity index (χ2n) is 6.31. The topological polar surface area (TPSA) is 66.6 Å². The SMILES string of the molecule is Cc1cccc(OCc2nnc(SCc3cc(Cl)c4c(c3)OCCCO4)o2)c1. The molecule has 4 rings (SSSR count). The van der Waals surface area contributed by atoms with Gasteiger partial charge >= 0.3 is 0 Å². The minimum atomic E-state index is 0.229. The van der Waals surface area contributed by atoms with Crippen molar-refractivity contribution in [3.05, 3.63) is 58.4 Å². The van der Waals surface area contributed by atoms with Gasteiger partial charge in [0.25, 0.3) is 11.1 Å². The minimum absolute atomic E-state index is 0.229. The number of aromatic nitrogens is 2. The monoisotopic (exact) mass is 418 g/mol. The summed E-state index contributed by atoms with van der Waals surface area (Å²) in [5, 5.41) is 9.12. The molecule has 0 saturated carbocycles. The van der Waals surface area contributed by atoms with E-state index >= 15 is 0 Å². The van der Waals surface area contributed by atoms with Crippen LogP contribution in [0.25, 0.3) is 0 Å². The number of fused-ring (bicyclic) bond motifs is 1. The maximum absolute atomic E-state index is 6.33. The quantitative estimate of drug-likeness (QED) is 0.518. The highest BCUT2D eigenvalue weighted by atomic mass is 35.5. The predicted octanol–water partition coefficient (Wildman–Crippen LogP) is 5.06. The average Bonchev–Trinajstić information content (AvgIpc) is 3.00. The van der Waals surface area contributed by atoms with E-state index in [-0.39, 0.29) is 6.61 Å². The van der Waals surface area contributed by atoms with E-state index in [0.29, 0.717) is 46.6 Å². The Labute approximate surface area is 172 Å². The molecule has 0 fully saturated rings. The molecule has 3 aromatic rings. The van der Waals surface area contributed by atoms with Crippen molar-refractivity contribution in [2.75, 3.05) is 13.2 Å². The number of nitrogens with zero attached hydrogens (tertiary/aromatic N) is 2. The van der Waals surface area contributed by atoms with Crippen molar-refractivity contribution < 1.29 is 18.6 Å². The van der Waals surface area contributed by atoms with Crippen LogP contribution in [0.5, 0.6) is 17.2 Å². The van der Waals surface area contributed by atoms with E-state index in [9.17, 15) is 0 Å². The van der Waals surface area contributed by atoms with E-state index in [4.69, 9.17) is 30.2 Å². The molecule has 1 aromatic heterocycles. The fourth-order valence-electron chi connectivity index (χ4n) is 2.72. The van der Waals surface area contributed by atoms with Gasteiger partial charge in [0.15, 0.2) is 18.1 Å². The lowest BCUT2D eigenvalue weighted by molar-refractivity contribution is 0.252. The molecular formula is C20H19ClN2O4S. The molecule has 6 nitrogen and oxygen atoms in total. The van der Waals surface area contributed by atoms with Gasteiger partial charge in [-0.05, 0) is 42.3 Å². The molecule has 2 aromatic carbocycles. The van der Waals surface area contributed by atoms with Gasteiger partial charge in [-0.1, -0.05) is 35.5 Å². The van der Waals surface area contributed by atoms with Crippen LogP contribution in [0.15, 0.2) is 46.0 Å². The van der Waals surface area contributed by atoms with E-state index in [1.807, 2.05) is 43.3 Å². The lowest BCUT2D eigenvalue weighted by Crippen LogP contribution is -1.97. The zero-order valence-electron chi connectivity index (χ0n) is 15.3. The Bertz CT molecular complexity index is 963. The Balaban J connectivity index is 1.35. The number of ether oxygens (including phenoxy) is 3. The summed E-state index contributed by atoms with van der Waals surface area (Å²) in [5.41, 5.74) is 2.13. The molecule has 0 atom stereocenters. The van der Waals surface area contributed by atoms with Gasteiger partial charge in [-0.15, -0.1) is 10.2 Å². The van der Waals surface area contributed by atoms with Crippen molar-refractivity contribution in [1.29, 1.82) is 0 Å². The summed E-state index contributed by atoms with van der Waals surface area (Å²) in [4.78, 5) is 0. The van der Waals surface area contributed by atoms with Crippen molar-refractivity contribution in [1.82, 2.24) is 10.2 Å². The number of hydrogen-bond acceptors (Lipinski definition) is 7. The number of aryl methyl sites for hydroxylation is 1. The van der Waals surface area contributed by atoms with Crippen LogP contribution in [-0.4, -0.2) is 23.4 Å². The summed E-state index contributed by atoms with van der Waals surface area (Å²) in [6, 6.07) is 11.6. The Morgan fingerprint density at radius 3 is 2.93 bits per heavy atom. The lowest BCUT2D eigenvalue weighted by Gasteiger charge is -2.11. The third-order valence-electron chi connectivity index (χ3n) is 4.02. The summed E-state index contributed by atoms with van der Waals surface area (Å²) in [7, 11) is 0. The van der Waals surface area contributed by atoms with Crippen LogP contribution >= 0.6 is 23.4 Å². The van der Waals surface area contributed by atoms with Gasteiger partial charge < -0.3 is 18.6 Å². The molecule has 0 spiro atoms. The molecule has 8 heteroatoms. The van der Waals surface area contributed by atoms with Crippen LogP contribution in [-0.2, 0) is 12.4 Å². The summed E-state index contributed by atoms with van der Waals surface area (Å²) in [6.07, 6.45) is 0.838. The van der Waals surface area contributed by atoms with Gasteiger partial charge in [0.05, 0.1) is 18.2 Å². The Morgan fingerprint density at radius 1 is 1.14 bits per heavy atom. The van der Waals surface area contributed by atoms with Crippen LogP contribution in [0.1, 0.15) is 23.4 Å². The van der Waals surface area contributed by atoms with Crippen molar-refractivity contribution in [2.45, 2.75) is 30.9 Å². The first-order valence-corrected chi connectivity index (χ1v) is 10.3. The molecular weight excluding hydrogens is 400 g/mol. The molecule has 28 heavy (non-hydrogen) atoms. The summed E-state index contributed by atoms with van der Waals surface area (Å²) >= 11 is 7.77. The van der Waals surface area contributed by atoms with Gasteiger partial charge in [0, 0.05) is 12.2 Å². The normalized spacial score (nSPS) is 13.2. The third-order valence-corrected chi connectivity index (χ3v) is 5.19. The zero-order valence-corrected chi connectivity index (χ0v) is 16.9. The Morgan fingerprint density at radius 2 is 2.04 bits per heavy atom. The molecule has 0 saturated heterocycles. The molecule has 0 bridgehead atoms. The second-order valence-corrected chi connectivity index (χ2v) is 7.64. The smallest absolute Gasteiger partial charge is 0.277 e. The van der Waals surface area contributed by atoms with Crippen LogP contribution in [0.4, 0.5) is 0 Å². The highest BCUT2D eigenvalue weighted by Crippen LogP contribution is 2.39. The lowest BCUT2D eigenvalue weighted by atomic mass is 10.2. The van der Waals surface area contributed by atoms with Crippen LogP contribution < -0.4 is 14.2 Å².